The van der Waals surface area contributed by atoms with Crippen LogP contribution in [0.3, 0.4) is 0 Å². The van der Waals surface area contributed by atoms with Crippen molar-refractivity contribution >= 4 is 11.8 Å². The van der Waals surface area contributed by atoms with E-state index < -0.39 is 29.9 Å². The standard InChI is InChI=1S/C25H20F4N6O3/c1-13-9-15(3-8-18(13)26)11-30-22(36)19-10-20(32-12-31-19)23(37)33-14(2)16-4-6-17(7-5-16)21-34-24(38-35-21)25(27,28)29/h3-10,12,14H,11H2,1-2H3,(H,30,36)(H,33,37)/t14-/m0/s1. The van der Waals surface area contributed by atoms with Crippen LogP contribution in [0.4, 0.5) is 17.6 Å². The highest BCUT2D eigenvalue weighted by Gasteiger charge is 2.38. The van der Waals surface area contributed by atoms with Crippen LogP contribution < -0.4 is 10.6 Å². The minimum absolute atomic E-state index is 0.0284. The van der Waals surface area contributed by atoms with Crippen molar-refractivity contribution in [3.8, 4) is 11.4 Å². The number of benzene rings is 2. The molecule has 9 nitrogen and oxygen atoms in total. The Morgan fingerprint density at radius 3 is 2.32 bits per heavy atom. The number of carbonyl (C=O) groups excluding carboxylic acids is 2. The molecular weight excluding hydrogens is 508 g/mol. The van der Waals surface area contributed by atoms with Gasteiger partial charge in [0.1, 0.15) is 23.5 Å². The van der Waals surface area contributed by atoms with Gasteiger partial charge in [-0.2, -0.15) is 18.2 Å². The van der Waals surface area contributed by atoms with Gasteiger partial charge < -0.3 is 15.2 Å². The summed E-state index contributed by atoms with van der Waals surface area (Å²) in [6.45, 7) is 3.45. The van der Waals surface area contributed by atoms with E-state index in [2.05, 4.69) is 35.3 Å². The van der Waals surface area contributed by atoms with E-state index in [0.29, 0.717) is 22.3 Å². The van der Waals surface area contributed by atoms with Crippen molar-refractivity contribution in [1.82, 2.24) is 30.7 Å². The second-order valence-corrected chi connectivity index (χ2v) is 8.29. The number of rotatable bonds is 7. The summed E-state index contributed by atoms with van der Waals surface area (Å²) in [5.41, 5.74) is 2.02. The lowest BCUT2D eigenvalue weighted by Crippen LogP contribution is -2.29. The first kappa shape index (κ1) is 26.4. The fourth-order valence-electron chi connectivity index (χ4n) is 3.43. The van der Waals surface area contributed by atoms with Crippen molar-refractivity contribution in [3.63, 3.8) is 0 Å². The van der Waals surface area contributed by atoms with Gasteiger partial charge in [-0.1, -0.05) is 41.6 Å². The molecule has 2 aromatic heterocycles. The topological polar surface area (TPSA) is 123 Å². The van der Waals surface area contributed by atoms with Gasteiger partial charge in [0.15, 0.2) is 0 Å². The molecule has 0 aliphatic heterocycles. The molecule has 0 saturated carbocycles. The van der Waals surface area contributed by atoms with Crippen LogP contribution in [0.15, 0.2) is 59.4 Å². The third-order valence-corrected chi connectivity index (χ3v) is 5.49. The highest BCUT2D eigenvalue weighted by atomic mass is 19.4. The van der Waals surface area contributed by atoms with E-state index in [-0.39, 0.29) is 29.6 Å². The van der Waals surface area contributed by atoms with Crippen LogP contribution in [0.5, 0.6) is 0 Å². The Morgan fingerprint density at radius 2 is 1.68 bits per heavy atom. The van der Waals surface area contributed by atoms with Gasteiger partial charge >= 0.3 is 12.1 Å². The van der Waals surface area contributed by atoms with Gasteiger partial charge in [0.2, 0.25) is 5.82 Å². The summed E-state index contributed by atoms with van der Waals surface area (Å²) >= 11 is 0. The molecular formula is C25H20F4N6O3. The second kappa shape index (κ2) is 10.7. The Kier molecular flexibility index (Phi) is 7.46. The molecule has 2 heterocycles. The van der Waals surface area contributed by atoms with Crippen LogP contribution in [0.25, 0.3) is 11.4 Å². The number of hydrogen-bond donors (Lipinski definition) is 2. The van der Waals surface area contributed by atoms with E-state index in [4.69, 9.17) is 0 Å². The molecule has 0 aliphatic rings. The Bertz CT molecular complexity index is 1470. The van der Waals surface area contributed by atoms with Crippen LogP contribution in [-0.4, -0.2) is 31.9 Å². The van der Waals surface area contributed by atoms with Crippen LogP contribution in [0.1, 0.15) is 56.5 Å². The number of carbonyl (C=O) groups is 2. The molecule has 0 spiro atoms. The summed E-state index contributed by atoms with van der Waals surface area (Å²) < 4.78 is 55.7. The first-order valence-corrected chi connectivity index (χ1v) is 11.2. The van der Waals surface area contributed by atoms with Crippen molar-refractivity contribution in [2.24, 2.45) is 0 Å². The van der Waals surface area contributed by atoms with Gasteiger partial charge in [-0.3, -0.25) is 9.59 Å². The van der Waals surface area contributed by atoms with Gasteiger partial charge in [-0.25, -0.2) is 14.4 Å². The summed E-state index contributed by atoms with van der Waals surface area (Å²) in [6.07, 6.45) is -3.65. The fourth-order valence-corrected chi connectivity index (χ4v) is 3.43. The maximum absolute atomic E-state index is 13.4. The molecule has 38 heavy (non-hydrogen) atoms. The minimum Gasteiger partial charge on any atom is -0.347 e. The van der Waals surface area contributed by atoms with Crippen LogP contribution >= 0.6 is 0 Å². The fraction of sp³-hybridized carbons (Fsp3) is 0.200. The van der Waals surface area contributed by atoms with Gasteiger partial charge in [0, 0.05) is 18.2 Å². The maximum atomic E-state index is 13.4. The summed E-state index contributed by atoms with van der Waals surface area (Å²) in [7, 11) is 0. The highest BCUT2D eigenvalue weighted by molar-refractivity contribution is 5.97. The van der Waals surface area contributed by atoms with E-state index in [1.807, 2.05) is 0 Å². The molecule has 4 aromatic rings. The quantitative estimate of drug-likeness (QED) is 0.341. The van der Waals surface area contributed by atoms with Gasteiger partial charge in [0.05, 0.1) is 6.04 Å². The van der Waals surface area contributed by atoms with Crippen LogP contribution in [-0.2, 0) is 12.7 Å². The third-order valence-electron chi connectivity index (χ3n) is 5.49. The van der Waals surface area contributed by atoms with Crippen molar-refractivity contribution in [2.75, 3.05) is 0 Å². The lowest BCUT2D eigenvalue weighted by molar-refractivity contribution is -0.159. The number of hydrogen-bond acceptors (Lipinski definition) is 7. The van der Waals surface area contributed by atoms with Gasteiger partial charge in [0.25, 0.3) is 11.8 Å². The molecule has 2 amide bonds. The van der Waals surface area contributed by atoms with Gasteiger partial charge in [-0.15, -0.1) is 0 Å². The molecule has 0 radical (unpaired) electrons. The zero-order valence-electron chi connectivity index (χ0n) is 20.0. The normalized spacial score (nSPS) is 12.2. The van der Waals surface area contributed by atoms with E-state index in [1.54, 1.807) is 38.1 Å². The molecule has 0 saturated heterocycles. The molecule has 2 aromatic carbocycles. The molecule has 1 atom stereocenters. The van der Waals surface area contributed by atoms with Crippen molar-refractivity contribution in [2.45, 2.75) is 32.6 Å². The average molecular weight is 528 g/mol. The Balaban J connectivity index is 1.37. The molecule has 2 N–H and O–H groups in total. The summed E-state index contributed by atoms with van der Waals surface area (Å²) in [5, 5.41) is 8.73. The molecule has 0 fully saturated rings. The maximum Gasteiger partial charge on any atom is 0.471 e. The van der Waals surface area contributed by atoms with E-state index in [1.165, 1.54) is 24.3 Å². The van der Waals surface area contributed by atoms with Crippen molar-refractivity contribution in [3.05, 3.63) is 94.6 Å². The van der Waals surface area contributed by atoms with E-state index in [0.717, 1.165) is 6.33 Å². The Hall–Kier alpha value is -4.68. The number of nitrogens with one attached hydrogen (secondary N) is 2. The van der Waals surface area contributed by atoms with Gasteiger partial charge in [-0.05, 0) is 36.6 Å². The summed E-state index contributed by atoms with van der Waals surface area (Å²) in [5.74, 6) is -3.12. The number of halogens is 4. The number of aromatic nitrogens is 4. The highest BCUT2D eigenvalue weighted by Crippen LogP contribution is 2.29. The summed E-state index contributed by atoms with van der Waals surface area (Å²) in [4.78, 5) is 36.4. The number of amides is 2. The second-order valence-electron chi connectivity index (χ2n) is 8.29. The van der Waals surface area contributed by atoms with Crippen LogP contribution in [0, 0.1) is 12.7 Å². The van der Waals surface area contributed by atoms with E-state index in [9.17, 15) is 27.2 Å². The van der Waals surface area contributed by atoms with Crippen LogP contribution in [0.2, 0.25) is 0 Å². The van der Waals surface area contributed by atoms with Crippen molar-refractivity contribution in [1.29, 1.82) is 0 Å². The molecule has 13 heteroatoms. The first-order valence-electron chi connectivity index (χ1n) is 11.2. The molecule has 196 valence electrons. The SMILES string of the molecule is Cc1cc(CNC(=O)c2cc(C(=O)N[C@@H](C)c3ccc(-c4noc(C(F)(F)F)n4)cc3)ncn2)ccc1F. The first-order chi connectivity index (χ1) is 18.0. The lowest BCUT2D eigenvalue weighted by Gasteiger charge is -2.14. The molecule has 4 rings (SSSR count). The Labute approximate surface area is 213 Å². The summed E-state index contributed by atoms with van der Waals surface area (Å²) in [6, 6.07) is 11.4. The third kappa shape index (κ3) is 6.17. The number of aryl methyl sites for hydroxylation is 1. The Morgan fingerprint density at radius 1 is 1.00 bits per heavy atom. The van der Waals surface area contributed by atoms with Crippen molar-refractivity contribution < 1.29 is 31.7 Å². The largest absolute Gasteiger partial charge is 0.471 e. The van der Waals surface area contributed by atoms with E-state index >= 15 is 0 Å². The zero-order chi connectivity index (χ0) is 27.4. The average Bonchev–Trinajstić information content (AvgIpc) is 3.40. The lowest BCUT2D eigenvalue weighted by atomic mass is 10.1. The molecule has 0 aliphatic carbocycles. The minimum atomic E-state index is -4.74. The molecule has 0 unspecified atom stereocenters. The molecule has 0 bridgehead atoms. The monoisotopic (exact) mass is 528 g/mol. The zero-order valence-corrected chi connectivity index (χ0v) is 20.0. The number of alkyl halides is 3. The predicted molar refractivity (Wildman–Crippen MR) is 125 cm³/mol. The smallest absolute Gasteiger partial charge is 0.347 e. The predicted octanol–water partition coefficient (Wildman–Crippen LogP) is 4.41. The number of nitrogens with zero attached hydrogens (tertiary/aromatic N) is 4.